The molecule has 3 aliphatic rings. The molecule has 3 heterocycles. The fourth-order valence-electron chi connectivity index (χ4n) is 4.55. The summed E-state index contributed by atoms with van der Waals surface area (Å²) in [4.78, 5) is 15.1. The maximum absolute atomic E-state index is 13.7. The van der Waals surface area contributed by atoms with Gasteiger partial charge in [0.2, 0.25) is 0 Å². The van der Waals surface area contributed by atoms with Crippen molar-refractivity contribution in [3.63, 3.8) is 0 Å². The lowest BCUT2D eigenvalue weighted by Gasteiger charge is -2.41. The zero-order valence-corrected chi connectivity index (χ0v) is 17.5. The molecule has 1 aromatic rings. The minimum atomic E-state index is -0.456. The number of piperidine rings is 1. The summed E-state index contributed by atoms with van der Waals surface area (Å²) in [6.07, 6.45) is 5.25. The molecule has 0 saturated carbocycles. The Bertz CT molecular complexity index is 786. The number of fused-ring (bicyclic) bond motifs is 1. The second kappa shape index (κ2) is 9.43. The zero-order chi connectivity index (χ0) is 21.1. The Morgan fingerprint density at radius 1 is 1.23 bits per heavy atom. The molecule has 0 bridgehead atoms. The molecule has 30 heavy (non-hydrogen) atoms. The summed E-state index contributed by atoms with van der Waals surface area (Å²) in [5.74, 6) is -0.544. The predicted molar refractivity (Wildman–Crippen MR) is 115 cm³/mol. The van der Waals surface area contributed by atoms with Crippen LogP contribution in [0.25, 0.3) is 6.08 Å². The first kappa shape index (κ1) is 21.2. The van der Waals surface area contributed by atoms with E-state index in [1.54, 1.807) is 19.1 Å². The van der Waals surface area contributed by atoms with E-state index in [0.717, 1.165) is 57.7 Å². The van der Waals surface area contributed by atoms with E-state index in [2.05, 4.69) is 20.9 Å². The van der Waals surface area contributed by atoms with E-state index < -0.39 is 6.17 Å². The smallest absolute Gasteiger partial charge is 0.251 e. The first-order valence-electron chi connectivity index (χ1n) is 10.9. The van der Waals surface area contributed by atoms with Gasteiger partial charge in [0.15, 0.2) is 0 Å². The lowest BCUT2D eigenvalue weighted by molar-refractivity contribution is -0.118. The number of benzene rings is 1. The van der Waals surface area contributed by atoms with Gasteiger partial charge >= 0.3 is 0 Å². The average Bonchev–Trinajstić information content (AvgIpc) is 2.73. The van der Waals surface area contributed by atoms with Crippen LogP contribution in [-0.2, 0) is 9.53 Å². The number of nitrogens with one attached hydrogen (secondary N) is 3. The van der Waals surface area contributed by atoms with E-state index in [1.165, 1.54) is 12.1 Å². The molecule has 7 nitrogen and oxygen atoms in total. The molecule has 0 aliphatic carbocycles. The summed E-state index contributed by atoms with van der Waals surface area (Å²) < 4.78 is 19.2. The van der Waals surface area contributed by atoms with Crippen molar-refractivity contribution in [3.05, 3.63) is 35.2 Å². The molecule has 2 atom stereocenters. The molecular formula is C22H32FN5O2. The zero-order valence-electron chi connectivity index (χ0n) is 17.5. The number of likely N-dealkylation sites (tertiary alicyclic amines) is 1. The van der Waals surface area contributed by atoms with Crippen molar-refractivity contribution in [1.29, 1.82) is 0 Å². The van der Waals surface area contributed by atoms with Gasteiger partial charge in [0.25, 0.3) is 5.91 Å². The van der Waals surface area contributed by atoms with Gasteiger partial charge in [-0.3, -0.25) is 9.69 Å². The van der Waals surface area contributed by atoms with Gasteiger partial charge in [-0.15, -0.1) is 0 Å². The predicted octanol–water partition coefficient (Wildman–Crippen LogP) is 1.61. The number of hydrogen-bond donors (Lipinski definition) is 4. The second-order valence-electron chi connectivity index (χ2n) is 8.50. The van der Waals surface area contributed by atoms with Crippen molar-refractivity contribution in [1.82, 2.24) is 15.5 Å². The SMILES string of the molecule is CC(N)NC(=O)C1=Cc2cc(F)ccc2NC1N1CCC(NC2CCOCC2)CC1. The summed E-state index contributed by atoms with van der Waals surface area (Å²) in [6, 6.07) is 5.64. The normalized spacial score (nSPS) is 24.5. The summed E-state index contributed by atoms with van der Waals surface area (Å²) in [5, 5.41) is 10.0. The highest BCUT2D eigenvalue weighted by atomic mass is 19.1. The van der Waals surface area contributed by atoms with Crippen molar-refractivity contribution in [3.8, 4) is 0 Å². The number of amides is 1. The Labute approximate surface area is 177 Å². The molecule has 0 aromatic heterocycles. The first-order chi connectivity index (χ1) is 14.5. The highest BCUT2D eigenvalue weighted by Gasteiger charge is 2.33. The summed E-state index contributed by atoms with van der Waals surface area (Å²) in [7, 11) is 0. The van der Waals surface area contributed by atoms with Crippen LogP contribution in [0.5, 0.6) is 0 Å². The van der Waals surface area contributed by atoms with Gasteiger partial charge in [-0.2, -0.15) is 0 Å². The third-order valence-electron chi connectivity index (χ3n) is 6.12. The van der Waals surface area contributed by atoms with E-state index in [1.807, 2.05) is 0 Å². The number of nitrogens with two attached hydrogens (primary N) is 1. The molecule has 4 rings (SSSR count). The fraction of sp³-hybridized carbons (Fsp3) is 0.591. The van der Waals surface area contributed by atoms with Gasteiger partial charge in [0, 0.05) is 49.6 Å². The van der Waals surface area contributed by atoms with Gasteiger partial charge in [-0.05, 0) is 56.9 Å². The standard InChI is InChI=1S/C22H32FN5O2/c1-14(24)25-22(29)19-13-15-12-16(23)2-3-20(15)27-21(19)28-8-4-17(5-9-28)26-18-6-10-30-11-7-18/h2-3,12-14,17-18,21,26-27H,4-11,24H2,1H3,(H,25,29). The third kappa shape index (κ3) is 5.00. The number of hydrogen-bond acceptors (Lipinski definition) is 6. The maximum Gasteiger partial charge on any atom is 0.251 e. The van der Waals surface area contributed by atoms with Gasteiger partial charge in [0.05, 0.1) is 11.7 Å². The van der Waals surface area contributed by atoms with E-state index in [9.17, 15) is 9.18 Å². The molecule has 1 amide bonds. The molecule has 0 radical (unpaired) electrons. The van der Waals surface area contributed by atoms with Gasteiger partial charge in [-0.25, -0.2) is 4.39 Å². The van der Waals surface area contributed by atoms with Crippen LogP contribution < -0.4 is 21.7 Å². The summed E-state index contributed by atoms with van der Waals surface area (Å²) in [6.45, 7) is 5.15. The lowest BCUT2D eigenvalue weighted by atomic mass is 9.96. The summed E-state index contributed by atoms with van der Waals surface area (Å²) in [5.41, 5.74) is 7.86. The van der Waals surface area contributed by atoms with Crippen LogP contribution in [0.2, 0.25) is 0 Å². The van der Waals surface area contributed by atoms with Gasteiger partial charge in [0.1, 0.15) is 12.0 Å². The highest BCUT2D eigenvalue weighted by molar-refractivity contribution is 6.01. The van der Waals surface area contributed by atoms with Crippen LogP contribution in [-0.4, -0.2) is 61.5 Å². The monoisotopic (exact) mass is 417 g/mol. The maximum atomic E-state index is 13.7. The number of nitrogens with zero attached hydrogens (tertiary/aromatic N) is 1. The molecule has 8 heteroatoms. The Kier molecular flexibility index (Phi) is 6.67. The molecule has 2 saturated heterocycles. The Hall–Kier alpha value is -2.00. The summed E-state index contributed by atoms with van der Waals surface area (Å²) >= 11 is 0. The topological polar surface area (TPSA) is 91.6 Å². The van der Waals surface area contributed by atoms with Gasteiger partial charge in [-0.1, -0.05) is 0 Å². The van der Waals surface area contributed by atoms with Crippen molar-refractivity contribution in [2.45, 2.75) is 57.0 Å². The van der Waals surface area contributed by atoms with Crippen LogP contribution >= 0.6 is 0 Å². The molecule has 1 aromatic carbocycles. The quantitative estimate of drug-likeness (QED) is 0.544. The number of ether oxygens (including phenoxy) is 1. The average molecular weight is 418 g/mol. The molecule has 2 fully saturated rings. The largest absolute Gasteiger partial charge is 0.381 e. The molecule has 5 N–H and O–H groups in total. The number of halogens is 1. The van der Waals surface area contributed by atoms with Crippen LogP contribution in [0.3, 0.4) is 0 Å². The fourth-order valence-corrected chi connectivity index (χ4v) is 4.55. The second-order valence-corrected chi connectivity index (χ2v) is 8.50. The minimum absolute atomic E-state index is 0.222. The molecule has 164 valence electrons. The number of carbonyl (C=O) groups is 1. The first-order valence-corrected chi connectivity index (χ1v) is 10.9. The third-order valence-corrected chi connectivity index (χ3v) is 6.12. The molecule has 2 unspecified atom stereocenters. The molecule has 3 aliphatic heterocycles. The number of anilines is 1. The van der Waals surface area contributed by atoms with Crippen molar-refractivity contribution in [2.75, 3.05) is 31.6 Å². The van der Waals surface area contributed by atoms with Crippen LogP contribution in [0, 0.1) is 5.82 Å². The lowest BCUT2D eigenvalue weighted by Crippen LogP contribution is -2.54. The van der Waals surface area contributed by atoms with E-state index in [0.29, 0.717) is 23.2 Å². The highest BCUT2D eigenvalue weighted by Crippen LogP contribution is 2.31. The number of rotatable bonds is 5. The van der Waals surface area contributed by atoms with Gasteiger partial charge < -0.3 is 26.4 Å². The van der Waals surface area contributed by atoms with Crippen LogP contribution in [0.1, 0.15) is 38.2 Å². The van der Waals surface area contributed by atoms with Crippen molar-refractivity contribution >= 4 is 17.7 Å². The Morgan fingerprint density at radius 2 is 1.93 bits per heavy atom. The number of carbonyl (C=O) groups excluding carboxylic acids is 1. The van der Waals surface area contributed by atoms with Crippen LogP contribution in [0.15, 0.2) is 23.8 Å². The molecular weight excluding hydrogens is 385 g/mol. The van der Waals surface area contributed by atoms with E-state index >= 15 is 0 Å². The Morgan fingerprint density at radius 3 is 2.63 bits per heavy atom. The van der Waals surface area contributed by atoms with E-state index in [-0.39, 0.29) is 17.9 Å². The van der Waals surface area contributed by atoms with E-state index in [4.69, 9.17) is 10.5 Å². The molecule has 0 spiro atoms. The Balaban J connectivity index is 1.45. The van der Waals surface area contributed by atoms with Crippen molar-refractivity contribution in [2.24, 2.45) is 5.73 Å². The van der Waals surface area contributed by atoms with Crippen LogP contribution in [0.4, 0.5) is 10.1 Å². The minimum Gasteiger partial charge on any atom is -0.381 e. The van der Waals surface area contributed by atoms with Crippen molar-refractivity contribution < 1.29 is 13.9 Å².